The first kappa shape index (κ1) is 21.5. The van der Waals surface area contributed by atoms with E-state index < -0.39 is 0 Å². The van der Waals surface area contributed by atoms with Gasteiger partial charge in [-0.1, -0.05) is 28.9 Å². The van der Waals surface area contributed by atoms with Crippen LogP contribution < -0.4 is 5.73 Å². The third-order valence-electron chi connectivity index (χ3n) is 6.06. The van der Waals surface area contributed by atoms with E-state index in [1.54, 1.807) is 0 Å². The number of rotatable bonds is 5. The Labute approximate surface area is 178 Å². The summed E-state index contributed by atoms with van der Waals surface area (Å²) in [5.74, 6) is 2.08. The van der Waals surface area contributed by atoms with Gasteiger partial charge in [0.2, 0.25) is 0 Å². The van der Waals surface area contributed by atoms with Crippen LogP contribution in [0.1, 0.15) is 65.7 Å². The molecule has 1 spiro atoms. The Hall–Kier alpha value is -1.20. The van der Waals surface area contributed by atoms with Crippen molar-refractivity contribution in [3.8, 4) is 0 Å². The van der Waals surface area contributed by atoms with Crippen LogP contribution in [-0.2, 0) is 9.47 Å². The van der Waals surface area contributed by atoms with Gasteiger partial charge in [0.05, 0.1) is 6.61 Å². The van der Waals surface area contributed by atoms with Crippen molar-refractivity contribution >= 4 is 15.9 Å². The molecule has 0 aromatic heterocycles. The second-order valence-electron chi connectivity index (χ2n) is 8.03. The first-order valence-electron chi connectivity index (χ1n) is 10.8. The maximum atomic E-state index is 6.63. The number of hydrogen-bond donors (Lipinski definition) is 1. The SMILES string of the molecule is C/C=C1/OC2(CCN(C(OCC)=C3CCC3)CC2)CC(N)/C1=C/C(Br)=C/CC. The number of hydrogen-bond acceptors (Lipinski definition) is 4. The van der Waals surface area contributed by atoms with Gasteiger partial charge in [0.15, 0.2) is 5.88 Å². The van der Waals surface area contributed by atoms with Crippen LogP contribution in [0.3, 0.4) is 0 Å². The van der Waals surface area contributed by atoms with Crippen molar-refractivity contribution in [1.82, 2.24) is 4.90 Å². The summed E-state index contributed by atoms with van der Waals surface area (Å²) in [7, 11) is 0. The van der Waals surface area contributed by atoms with Crippen LogP contribution in [0.5, 0.6) is 0 Å². The number of ether oxygens (including phenoxy) is 2. The van der Waals surface area contributed by atoms with Crippen molar-refractivity contribution in [2.75, 3.05) is 19.7 Å². The molecule has 1 atom stereocenters. The molecule has 28 heavy (non-hydrogen) atoms. The molecule has 2 heterocycles. The lowest BCUT2D eigenvalue weighted by Gasteiger charge is -2.48. The second-order valence-corrected chi connectivity index (χ2v) is 8.94. The zero-order chi connectivity index (χ0) is 20.1. The highest BCUT2D eigenvalue weighted by molar-refractivity contribution is 9.11. The maximum absolute atomic E-state index is 6.63. The number of piperidine rings is 1. The van der Waals surface area contributed by atoms with Crippen LogP contribution in [0.4, 0.5) is 0 Å². The Kier molecular flexibility index (Phi) is 7.32. The molecule has 4 nitrogen and oxygen atoms in total. The summed E-state index contributed by atoms with van der Waals surface area (Å²) < 4.78 is 13.7. The molecule has 2 aliphatic heterocycles. The third-order valence-corrected chi connectivity index (χ3v) is 6.61. The van der Waals surface area contributed by atoms with E-state index >= 15 is 0 Å². The molecule has 2 N–H and O–H groups in total. The van der Waals surface area contributed by atoms with Gasteiger partial charge in [-0.2, -0.15) is 0 Å². The molecule has 3 aliphatic rings. The van der Waals surface area contributed by atoms with Gasteiger partial charge in [-0.15, -0.1) is 0 Å². The standard InChI is InChI=1S/C23H35BrN2O2/c1-4-8-18(24)15-19-20(25)16-23(28-21(19)5-2)11-13-26(14-12-23)22(27-6-3)17-9-7-10-17/h5,8,15,20H,4,6-7,9-14,16,25H2,1-3H3/b18-8-,19-15-,21-5+. The Balaban J connectivity index is 1.71. The highest BCUT2D eigenvalue weighted by atomic mass is 79.9. The molecule has 0 amide bonds. The smallest absolute Gasteiger partial charge is 0.188 e. The van der Waals surface area contributed by atoms with Crippen molar-refractivity contribution < 1.29 is 9.47 Å². The van der Waals surface area contributed by atoms with E-state index in [0.717, 1.165) is 67.1 Å². The molecular weight excluding hydrogens is 416 g/mol. The van der Waals surface area contributed by atoms with E-state index in [2.05, 4.69) is 52.9 Å². The molecule has 0 aromatic rings. The lowest BCUT2D eigenvalue weighted by atomic mass is 9.80. The van der Waals surface area contributed by atoms with Gasteiger partial charge >= 0.3 is 0 Å². The Morgan fingerprint density at radius 3 is 2.57 bits per heavy atom. The van der Waals surface area contributed by atoms with Crippen LogP contribution in [0.2, 0.25) is 0 Å². The fourth-order valence-electron chi connectivity index (χ4n) is 4.38. The number of nitrogens with two attached hydrogens (primary N) is 1. The Morgan fingerprint density at radius 2 is 2.04 bits per heavy atom. The van der Waals surface area contributed by atoms with Gasteiger partial charge in [0.1, 0.15) is 11.4 Å². The molecule has 156 valence electrons. The summed E-state index contributed by atoms with van der Waals surface area (Å²) in [4.78, 5) is 2.43. The quantitative estimate of drug-likeness (QED) is 0.560. The monoisotopic (exact) mass is 450 g/mol. The molecule has 0 bridgehead atoms. The van der Waals surface area contributed by atoms with Crippen molar-refractivity contribution in [3.63, 3.8) is 0 Å². The van der Waals surface area contributed by atoms with Crippen molar-refractivity contribution in [2.45, 2.75) is 77.4 Å². The van der Waals surface area contributed by atoms with Crippen LogP contribution in [-0.4, -0.2) is 36.2 Å². The number of halogens is 1. The zero-order valence-corrected chi connectivity index (χ0v) is 19.2. The lowest BCUT2D eigenvalue weighted by molar-refractivity contribution is -0.0701. The highest BCUT2D eigenvalue weighted by Gasteiger charge is 2.44. The molecule has 1 unspecified atom stereocenters. The van der Waals surface area contributed by atoms with Gasteiger partial charge in [-0.25, -0.2) is 0 Å². The summed E-state index contributed by atoms with van der Waals surface area (Å²) in [5, 5.41) is 0. The molecular formula is C23H35BrN2O2. The van der Waals surface area contributed by atoms with Crippen molar-refractivity contribution in [3.05, 3.63) is 45.5 Å². The first-order valence-corrected chi connectivity index (χ1v) is 11.6. The normalized spacial score (nSPS) is 27.8. The molecule has 2 saturated heterocycles. The molecule has 3 rings (SSSR count). The van der Waals surface area contributed by atoms with Gasteiger partial charge in [0.25, 0.3) is 0 Å². The highest BCUT2D eigenvalue weighted by Crippen LogP contribution is 2.42. The third kappa shape index (κ3) is 4.68. The minimum Gasteiger partial charge on any atom is -0.487 e. The average Bonchev–Trinajstić information content (AvgIpc) is 2.63. The van der Waals surface area contributed by atoms with E-state index in [1.807, 2.05) is 6.92 Å². The van der Waals surface area contributed by atoms with E-state index in [1.165, 1.54) is 24.8 Å². The van der Waals surface area contributed by atoms with Gasteiger partial charge in [-0.3, -0.25) is 0 Å². The molecule has 0 radical (unpaired) electrons. The van der Waals surface area contributed by atoms with E-state index in [4.69, 9.17) is 15.2 Å². The molecule has 3 fully saturated rings. The minimum absolute atomic E-state index is 0.000606. The Morgan fingerprint density at radius 1 is 1.32 bits per heavy atom. The predicted molar refractivity (Wildman–Crippen MR) is 119 cm³/mol. The molecule has 1 saturated carbocycles. The molecule has 0 aromatic carbocycles. The van der Waals surface area contributed by atoms with Crippen molar-refractivity contribution in [1.29, 1.82) is 0 Å². The van der Waals surface area contributed by atoms with Gasteiger partial charge < -0.3 is 20.1 Å². The second kappa shape index (κ2) is 9.53. The summed E-state index contributed by atoms with van der Waals surface area (Å²) in [6.07, 6.45) is 13.8. The maximum Gasteiger partial charge on any atom is 0.188 e. The van der Waals surface area contributed by atoms with Crippen LogP contribution in [0.25, 0.3) is 0 Å². The number of likely N-dealkylation sites (tertiary alicyclic amines) is 1. The molecule has 1 aliphatic carbocycles. The van der Waals surface area contributed by atoms with E-state index in [9.17, 15) is 0 Å². The summed E-state index contributed by atoms with van der Waals surface area (Å²) >= 11 is 3.63. The lowest BCUT2D eigenvalue weighted by Crippen LogP contribution is -2.52. The van der Waals surface area contributed by atoms with Crippen LogP contribution in [0.15, 0.2) is 45.5 Å². The van der Waals surface area contributed by atoms with Crippen molar-refractivity contribution in [2.24, 2.45) is 5.73 Å². The van der Waals surface area contributed by atoms with Crippen LogP contribution in [0, 0.1) is 0 Å². The van der Waals surface area contributed by atoms with Crippen LogP contribution >= 0.6 is 15.9 Å². The summed E-state index contributed by atoms with van der Waals surface area (Å²) in [6, 6.07) is 0.000606. The molecule has 5 heteroatoms. The summed E-state index contributed by atoms with van der Waals surface area (Å²) in [6.45, 7) is 8.92. The largest absolute Gasteiger partial charge is 0.487 e. The first-order chi connectivity index (χ1) is 13.5. The predicted octanol–water partition coefficient (Wildman–Crippen LogP) is 5.52. The summed E-state index contributed by atoms with van der Waals surface area (Å²) in [5.41, 5.74) is 9.06. The fraction of sp³-hybridized carbons (Fsp3) is 0.652. The van der Waals surface area contributed by atoms with Gasteiger partial charge in [0, 0.05) is 48.4 Å². The Bertz CT molecular complexity index is 679. The average molecular weight is 451 g/mol. The number of nitrogens with zero attached hydrogens (tertiary/aromatic N) is 1. The fourth-order valence-corrected chi connectivity index (χ4v) is 4.95. The van der Waals surface area contributed by atoms with E-state index in [0.29, 0.717) is 0 Å². The van der Waals surface area contributed by atoms with E-state index in [-0.39, 0.29) is 11.6 Å². The topological polar surface area (TPSA) is 47.7 Å². The number of allylic oxidation sites excluding steroid dienone is 5. The zero-order valence-electron chi connectivity index (χ0n) is 17.6. The minimum atomic E-state index is -0.155. The van der Waals surface area contributed by atoms with Gasteiger partial charge in [-0.05, 0) is 57.3 Å².